The molecule has 0 spiro atoms. The van der Waals surface area contributed by atoms with E-state index < -0.39 is 16.7 Å². The zero-order valence-corrected chi connectivity index (χ0v) is 20.2. The second-order valence-corrected chi connectivity index (χ2v) is 9.04. The summed E-state index contributed by atoms with van der Waals surface area (Å²) in [5, 5.41) is 5.44. The van der Waals surface area contributed by atoms with E-state index in [9.17, 15) is 18.8 Å². The summed E-state index contributed by atoms with van der Waals surface area (Å²) >= 11 is 5.98. The number of benzene rings is 2. The number of methoxy groups -OCH3 is 1. The van der Waals surface area contributed by atoms with Crippen molar-refractivity contribution >= 4 is 40.3 Å². The molecule has 3 aromatic rings. The highest BCUT2D eigenvalue weighted by atomic mass is 35.5. The molecule has 2 saturated heterocycles. The van der Waals surface area contributed by atoms with Crippen LogP contribution in [-0.2, 0) is 4.74 Å². The largest absolute Gasteiger partial charge is 0.494 e. The first-order valence-corrected chi connectivity index (χ1v) is 11.9. The molecule has 2 heterocycles. The molecule has 5 rings (SSSR count). The maximum Gasteiger partial charge on any atom is 0.257 e. The van der Waals surface area contributed by atoms with E-state index in [4.69, 9.17) is 21.1 Å². The van der Waals surface area contributed by atoms with Gasteiger partial charge in [-0.2, -0.15) is 0 Å². The van der Waals surface area contributed by atoms with Crippen LogP contribution in [0.1, 0.15) is 10.4 Å². The number of para-hydroxylation sites is 1. The number of hydrogen-bond acceptors (Lipinski definition) is 8. The third-order valence-electron chi connectivity index (χ3n) is 6.56. The van der Waals surface area contributed by atoms with Gasteiger partial charge in [0.25, 0.3) is 16.8 Å². The van der Waals surface area contributed by atoms with Crippen molar-refractivity contribution in [3.05, 3.63) is 73.2 Å². The Hall–Kier alpha value is -3.47. The predicted molar refractivity (Wildman–Crippen MR) is 134 cm³/mol. The Balaban J connectivity index is 1.40. The molecule has 2 aliphatic heterocycles. The van der Waals surface area contributed by atoms with Crippen LogP contribution >= 0.6 is 11.6 Å². The Morgan fingerprint density at radius 2 is 1.75 bits per heavy atom. The van der Waals surface area contributed by atoms with Gasteiger partial charge in [-0.15, -0.1) is 0 Å². The molecule has 0 bridgehead atoms. The van der Waals surface area contributed by atoms with Crippen LogP contribution in [0.5, 0.6) is 5.75 Å². The quantitative estimate of drug-likeness (QED) is 0.484. The predicted octanol–water partition coefficient (Wildman–Crippen LogP) is 2.73. The minimum atomic E-state index is -0.767. The number of nitrogens with zero attached hydrogens (tertiary/aromatic N) is 2. The molecule has 0 aromatic heterocycles. The molecule has 0 radical (unpaired) electrons. The summed E-state index contributed by atoms with van der Waals surface area (Å²) in [6.45, 7) is 4.02. The Labute approximate surface area is 211 Å². The summed E-state index contributed by atoms with van der Waals surface area (Å²) in [5.41, 5.74) is -0.796. The van der Waals surface area contributed by atoms with Crippen LogP contribution in [0.15, 0.2) is 46.0 Å². The summed E-state index contributed by atoms with van der Waals surface area (Å²) in [7, 11) is 1.43. The standard InChI is InChI=1S/C25H24ClFN4O5/c1-35-24-15(25(34)31-9-8-30-10-11-36-13-14(30)12-31)4-2-7-18(24)29-21-20(22(32)23(21)33)28-17-6-3-5-16(27)19(17)26/h2-7,14,28-29H,8-13H2,1H3. The number of hydrogen-bond donors (Lipinski definition) is 2. The van der Waals surface area contributed by atoms with Gasteiger partial charge in [-0.3, -0.25) is 19.3 Å². The second-order valence-electron chi connectivity index (χ2n) is 8.66. The topological polar surface area (TPSA) is 100 Å². The number of ether oxygens (including phenoxy) is 2. The normalized spacial score (nSPS) is 18.1. The van der Waals surface area contributed by atoms with Gasteiger partial charge in [0.2, 0.25) is 0 Å². The third-order valence-corrected chi connectivity index (χ3v) is 6.94. The van der Waals surface area contributed by atoms with Gasteiger partial charge < -0.3 is 25.0 Å². The fraction of sp³-hybridized carbons (Fsp3) is 0.320. The minimum absolute atomic E-state index is 0.0313. The summed E-state index contributed by atoms with van der Waals surface area (Å²) in [5.74, 6) is -0.619. The molecule has 0 aliphatic carbocycles. The van der Waals surface area contributed by atoms with Gasteiger partial charge >= 0.3 is 0 Å². The number of carbonyl (C=O) groups excluding carboxylic acids is 1. The molecule has 2 N–H and O–H groups in total. The highest BCUT2D eigenvalue weighted by Gasteiger charge is 2.33. The minimum Gasteiger partial charge on any atom is -0.494 e. The van der Waals surface area contributed by atoms with Crippen LogP contribution in [-0.4, -0.2) is 68.3 Å². The molecule has 1 unspecified atom stereocenters. The summed E-state index contributed by atoms with van der Waals surface area (Å²) < 4.78 is 24.9. The molecular formula is C25H24ClFN4O5. The molecule has 1 atom stereocenters. The fourth-order valence-electron chi connectivity index (χ4n) is 4.62. The van der Waals surface area contributed by atoms with Crippen molar-refractivity contribution in [1.29, 1.82) is 0 Å². The first-order chi connectivity index (χ1) is 17.4. The summed E-state index contributed by atoms with van der Waals surface area (Å²) in [6.07, 6.45) is 0. The van der Waals surface area contributed by atoms with Crippen LogP contribution in [0.25, 0.3) is 0 Å². The monoisotopic (exact) mass is 514 g/mol. The highest BCUT2D eigenvalue weighted by Crippen LogP contribution is 2.35. The molecular weight excluding hydrogens is 491 g/mol. The number of morpholine rings is 1. The van der Waals surface area contributed by atoms with E-state index in [1.54, 1.807) is 23.1 Å². The Bertz CT molecular complexity index is 1390. The van der Waals surface area contributed by atoms with Gasteiger partial charge in [0.05, 0.1) is 48.3 Å². The van der Waals surface area contributed by atoms with E-state index in [1.165, 1.54) is 25.3 Å². The van der Waals surface area contributed by atoms with Gasteiger partial charge in [-0.1, -0.05) is 23.7 Å². The number of rotatable bonds is 6. The molecule has 2 fully saturated rings. The Kier molecular flexibility index (Phi) is 6.65. The molecule has 3 aromatic carbocycles. The van der Waals surface area contributed by atoms with Crippen LogP contribution < -0.4 is 26.2 Å². The van der Waals surface area contributed by atoms with E-state index in [1.807, 2.05) is 0 Å². The average molecular weight is 515 g/mol. The third kappa shape index (κ3) is 4.32. The van der Waals surface area contributed by atoms with Crippen molar-refractivity contribution in [2.45, 2.75) is 6.04 Å². The zero-order chi connectivity index (χ0) is 25.4. The van der Waals surface area contributed by atoms with Crippen molar-refractivity contribution in [3.8, 4) is 5.75 Å². The molecule has 0 saturated carbocycles. The lowest BCUT2D eigenvalue weighted by Gasteiger charge is -2.43. The molecule has 1 amide bonds. The number of amides is 1. The van der Waals surface area contributed by atoms with Crippen LogP contribution in [0, 0.1) is 5.82 Å². The first kappa shape index (κ1) is 24.2. The highest BCUT2D eigenvalue weighted by molar-refractivity contribution is 6.33. The summed E-state index contributed by atoms with van der Waals surface area (Å²) in [6, 6.07) is 9.21. The van der Waals surface area contributed by atoms with E-state index in [2.05, 4.69) is 15.5 Å². The van der Waals surface area contributed by atoms with Crippen molar-refractivity contribution < 1.29 is 18.7 Å². The van der Waals surface area contributed by atoms with Gasteiger partial charge in [-0.25, -0.2) is 4.39 Å². The zero-order valence-electron chi connectivity index (χ0n) is 19.5. The van der Waals surface area contributed by atoms with Crippen molar-refractivity contribution in [3.63, 3.8) is 0 Å². The molecule has 9 nitrogen and oxygen atoms in total. The lowest BCUT2D eigenvalue weighted by molar-refractivity contribution is -0.0395. The number of nitrogens with one attached hydrogen (secondary N) is 2. The maximum atomic E-state index is 13.8. The molecule has 36 heavy (non-hydrogen) atoms. The van der Waals surface area contributed by atoms with Crippen LogP contribution in [0.2, 0.25) is 5.02 Å². The van der Waals surface area contributed by atoms with Crippen molar-refractivity contribution in [1.82, 2.24) is 9.80 Å². The number of halogens is 2. The van der Waals surface area contributed by atoms with Gasteiger partial charge in [-0.05, 0) is 24.3 Å². The second kappa shape index (κ2) is 9.88. The van der Waals surface area contributed by atoms with E-state index in [0.717, 1.165) is 13.1 Å². The van der Waals surface area contributed by atoms with Crippen LogP contribution in [0.3, 0.4) is 0 Å². The molecule has 2 aliphatic rings. The van der Waals surface area contributed by atoms with Crippen molar-refractivity contribution in [2.75, 3.05) is 57.1 Å². The smallest absolute Gasteiger partial charge is 0.257 e. The fourth-order valence-corrected chi connectivity index (χ4v) is 4.80. The Morgan fingerprint density at radius 1 is 1.06 bits per heavy atom. The maximum absolute atomic E-state index is 13.8. The SMILES string of the molecule is COc1c(Nc2c(Nc3cccc(F)c3Cl)c(=O)c2=O)cccc1C(=O)N1CCN2CCOCC2C1. The lowest BCUT2D eigenvalue weighted by atomic mass is 10.1. The first-order valence-electron chi connectivity index (χ1n) is 11.5. The van der Waals surface area contributed by atoms with E-state index in [-0.39, 0.29) is 39.8 Å². The van der Waals surface area contributed by atoms with Gasteiger partial charge in [0, 0.05) is 26.2 Å². The summed E-state index contributed by atoms with van der Waals surface area (Å²) in [4.78, 5) is 42.2. The molecule has 188 valence electrons. The van der Waals surface area contributed by atoms with E-state index >= 15 is 0 Å². The number of anilines is 4. The lowest BCUT2D eigenvalue weighted by Crippen LogP contribution is -2.59. The average Bonchev–Trinajstić information content (AvgIpc) is 2.91. The molecule has 11 heteroatoms. The number of carbonyl (C=O) groups is 1. The number of piperazine rings is 1. The van der Waals surface area contributed by atoms with Gasteiger partial charge in [0.15, 0.2) is 5.75 Å². The Morgan fingerprint density at radius 3 is 2.50 bits per heavy atom. The van der Waals surface area contributed by atoms with Crippen LogP contribution in [0.4, 0.5) is 27.1 Å². The van der Waals surface area contributed by atoms with E-state index in [0.29, 0.717) is 37.6 Å². The van der Waals surface area contributed by atoms with Gasteiger partial charge in [0.1, 0.15) is 17.2 Å². The number of fused-ring (bicyclic) bond motifs is 1. The van der Waals surface area contributed by atoms with Crippen molar-refractivity contribution in [2.24, 2.45) is 0 Å².